The highest BCUT2D eigenvalue weighted by atomic mass is 19.1. The van der Waals surface area contributed by atoms with E-state index in [1.807, 2.05) is 36.4 Å². The summed E-state index contributed by atoms with van der Waals surface area (Å²) in [6.07, 6.45) is 1.07. The average Bonchev–Trinajstić information content (AvgIpc) is 2.52. The zero-order chi connectivity index (χ0) is 15.8. The Labute approximate surface area is 130 Å². The summed E-state index contributed by atoms with van der Waals surface area (Å²) in [5, 5.41) is 0. The molecule has 2 aromatic carbocycles. The lowest BCUT2D eigenvalue weighted by atomic mass is 10.2. The van der Waals surface area contributed by atoms with E-state index in [9.17, 15) is 9.18 Å². The molecule has 0 N–H and O–H groups in total. The second kappa shape index (κ2) is 8.17. The van der Waals surface area contributed by atoms with Crippen molar-refractivity contribution < 1.29 is 13.9 Å². The SMILES string of the molecule is CN(Cc1cccc(F)c1)C(=O)CCCOc1ccccc1. The molecule has 0 aliphatic carbocycles. The fraction of sp³-hybridized carbons (Fsp3) is 0.278. The monoisotopic (exact) mass is 301 g/mol. The Kier molecular flexibility index (Phi) is 5.95. The van der Waals surface area contributed by atoms with Gasteiger partial charge in [0.1, 0.15) is 11.6 Å². The summed E-state index contributed by atoms with van der Waals surface area (Å²) in [4.78, 5) is 13.6. The van der Waals surface area contributed by atoms with E-state index in [1.54, 1.807) is 18.0 Å². The molecule has 0 saturated heterocycles. The highest BCUT2D eigenvalue weighted by Gasteiger charge is 2.09. The third-order valence-corrected chi connectivity index (χ3v) is 3.28. The van der Waals surface area contributed by atoms with Crippen LogP contribution in [0.2, 0.25) is 0 Å². The number of hydrogen-bond donors (Lipinski definition) is 0. The van der Waals surface area contributed by atoms with E-state index in [2.05, 4.69) is 0 Å². The Morgan fingerprint density at radius 3 is 2.64 bits per heavy atom. The maximum absolute atomic E-state index is 13.1. The van der Waals surface area contributed by atoms with Crippen molar-refractivity contribution in [2.75, 3.05) is 13.7 Å². The first-order valence-electron chi connectivity index (χ1n) is 7.31. The van der Waals surface area contributed by atoms with Crippen LogP contribution in [0.25, 0.3) is 0 Å². The van der Waals surface area contributed by atoms with E-state index in [-0.39, 0.29) is 11.7 Å². The molecule has 0 aliphatic heterocycles. The summed E-state index contributed by atoms with van der Waals surface area (Å²) in [6.45, 7) is 0.916. The molecule has 3 nitrogen and oxygen atoms in total. The van der Waals surface area contributed by atoms with E-state index in [0.29, 0.717) is 26.0 Å². The Balaban J connectivity index is 1.70. The van der Waals surface area contributed by atoms with Gasteiger partial charge in [-0.3, -0.25) is 4.79 Å². The van der Waals surface area contributed by atoms with E-state index in [4.69, 9.17) is 4.74 Å². The average molecular weight is 301 g/mol. The molecule has 1 amide bonds. The largest absolute Gasteiger partial charge is 0.494 e. The van der Waals surface area contributed by atoms with E-state index >= 15 is 0 Å². The Morgan fingerprint density at radius 1 is 1.14 bits per heavy atom. The van der Waals surface area contributed by atoms with Crippen LogP contribution >= 0.6 is 0 Å². The smallest absolute Gasteiger partial charge is 0.222 e. The van der Waals surface area contributed by atoms with Gasteiger partial charge in [-0.05, 0) is 36.2 Å². The number of halogens is 1. The summed E-state index contributed by atoms with van der Waals surface area (Å²) in [5.41, 5.74) is 0.788. The third-order valence-electron chi connectivity index (χ3n) is 3.28. The lowest BCUT2D eigenvalue weighted by Crippen LogP contribution is -2.26. The predicted molar refractivity (Wildman–Crippen MR) is 84.0 cm³/mol. The minimum Gasteiger partial charge on any atom is -0.494 e. The number of para-hydroxylation sites is 1. The third kappa shape index (κ3) is 5.20. The first-order valence-corrected chi connectivity index (χ1v) is 7.31. The first-order chi connectivity index (χ1) is 10.6. The number of benzene rings is 2. The fourth-order valence-electron chi connectivity index (χ4n) is 2.12. The van der Waals surface area contributed by atoms with Gasteiger partial charge >= 0.3 is 0 Å². The van der Waals surface area contributed by atoms with Crippen LogP contribution in [0, 0.1) is 5.82 Å². The molecule has 0 spiro atoms. The van der Waals surface area contributed by atoms with Crippen LogP contribution in [-0.4, -0.2) is 24.5 Å². The zero-order valence-electron chi connectivity index (χ0n) is 12.7. The van der Waals surface area contributed by atoms with Crippen molar-refractivity contribution in [2.45, 2.75) is 19.4 Å². The molecule has 0 aliphatic rings. The van der Waals surface area contributed by atoms with Crippen LogP contribution in [0.5, 0.6) is 5.75 Å². The second-order valence-corrected chi connectivity index (χ2v) is 5.14. The minimum atomic E-state index is -0.283. The Morgan fingerprint density at radius 2 is 1.91 bits per heavy atom. The Bertz CT molecular complexity index is 601. The molecule has 2 aromatic rings. The number of amides is 1. The number of carbonyl (C=O) groups is 1. The maximum atomic E-state index is 13.1. The lowest BCUT2D eigenvalue weighted by molar-refractivity contribution is -0.130. The summed E-state index contributed by atoms with van der Waals surface area (Å²) in [6, 6.07) is 15.8. The van der Waals surface area contributed by atoms with E-state index < -0.39 is 0 Å². The number of rotatable bonds is 7. The van der Waals surface area contributed by atoms with Gasteiger partial charge in [0.15, 0.2) is 0 Å². The van der Waals surface area contributed by atoms with Crippen LogP contribution in [0.4, 0.5) is 4.39 Å². The molecule has 22 heavy (non-hydrogen) atoms. The normalized spacial score (nSPS) is 10.3. The second-order valence-electron chi connectivity index (χ2n) is 5.14. The molecule has 0 fully saturated rings. The van der Waals surface area contributed by atoms with Gasteiger partial charge in [0.2, 0.25) is 5.91 Å². The summed E-state index contributed by atoms with van der Waals surface area (Å²) >= 11 is 0. The summed E-state index contributed by atoms with van der Waals surface area (Å²) in [7, 11) is 1.73. The molecular weight excluding hydrogens is 281 g/mol. The van der Waals surface area contributed by atoms with Gasteiger partial charge in [-0.15, -0.1) is 0 Å². The summed E-state index contributed by atoms with van der Waals surface area (Å²) in [5.74, 6) is 0.554. The molecule has 0 heterocycles. The van der Waals surface area contributed by atoms with Crippen molar-refractivity contribution in [3.8, 4) is 5.75 Å². The number of carbonyl (C=O) groups excluding carboxylic acids is 1. The van der Waals surface area contributed by atoms with Gasteiger partial charge in [0, 0.05) is 20.0 Å². The van der Waals surface area contributed by atoms with Crippen molar-refractivity contribution in [1.29, 1.82) is 0 Å². The molecule has 0 atom stereocenters. The van der Waals surface area contributed by atoms with Crippen LogP contribution < -0.4 is 4.74 Å². The van der Waals surface area contributed by atoms with Crippen LogP contribution in [0.1, 0.15) is 18.4 Å². The molecule has 116 valence electrons. The van der Waals surface area contributed by atoms with E-state index in [0.717, 1.165) is 11.3 Å². The molecule has 0 unspecified atom stereocenters. The first kappa shape index (κ1) is 16.0. The van der Waals surface area contributed by atoms with Crippen molar-refractivity contribution in [2.24, 2.45) is 0 Å². The predicted octanol–water partition coefficient (Wildman–Crippen LogP) is 3.64. The molecule has 0 bridgehead atoms. The van der Waals surface area contributed by atoms with Crippen molar-refractivity contribution in [3.05, 3.63) is 66.0 Å². The highest BCUT2D eigenvalue weighted by molar-refractivity contribution is 5.75. The lowest BCUT2D eigenvalue weighted by Gasteiger charge is -2.17. The van der Waals surface area contributed by atoms with Crippen LogP contribution in [0.3, 0.4) is 0 Å². The fourth-order valence-corrected chi connectivity index (χ4v) is 2.12. The Hall–Kier alpha value is -2.36. The molecule has 4 heteroatoms. The number of hydrogen-bond acceptors (Lipinski definition) is 2. The van der Waals surface area contributed by atoms with Gasteiger partial charge in [0.25, 0.3) is 0 Å². The highest BCUT2D eigenvalue weighted by Crippen LogP contribution is 2.10. The molecule has 0 radical (unpaired) electrons. The molecule has 0 saturated carbocycles. The molecule has 2 rings (SSSR count). The van der Waals surface area contributed by atoms with Gasteiger partial charge in [-0.25, -0.2) is 4.39 Å². The van der Waals surface area contributed by atoms with Gasteiger partial charge in [-0.1, -0.05) is 30.3 Å². The standard InChI is InChI=1S/C18H20FNO2/c1-20(14-15-7-5-8-16(19)13-15)18(21)11-6-12-22-17-9-3-2-4-10-17/h2-5,7-10,13H,6,11-12,14H2,1H3. The van der Waals surface area contributed by atoms with Crippen LogP contribution in [0.15, 0.2) is 54.6 Å². The van der Waals surface area contributed by atoms with Gasteiger partial charge in [0.05, 0.1) is 6.61 Å². The topological polar surface area (TPSA) is 29.5 Å². The van der Waals surface area contributed by atoms with Crippen LogP contribution in [-0.2, 0) is 11.3 Å². The molecule has 0 aromatic heterocycles. The van der Waals surface area contributed by atoms with Gasteiger partial charge in [-0.2, -0.15) is 0 Å². The number of nitrogens with zero attached hydrogens (tertiary/aromatic N) is 1. The van der Waals surface area contributed by atoms with E-state index in [1.165, 1.54) is 12.1 Å². The summed E-state index contributed by atoms with van der Waals surface area (Å²) < 4.78 is 18.7. The van der Waals surface area contributed by atoms with Crippen molar-refractivity contribution >= 4 is 5.91 Å². The number of ether oxygens (including phenoxy) is 1. The van der Waals surface area contributed by atoms with Crippen molar-refractivity contribution in [1.82, 2.24) is 4.90 Å². The minimum absolute atomic E-state index is 0.0286. The zero-order valence-corrected chi connectivity index (χ0v) is 12.7. The maximum Gasteiger partial charge on any atom is 0.222 e. The molecular formula is C18H20FNO2. The van der Waals surface area contributed by atoms with Gasteiger partial charge < -0.3 is 9.64 Å². The van der Waals surface area contributed by atoms with Crippen molar-refractivity contribution in [3.63, 3.8) is 0 Å². The quantitative estimate of drug-likeness (QED) is 0.731.